The predicted octanol–water partition coefficient (Wildman–Crippen LogP) is -1.81. The van der Waals surface area contributed by atoms with E-state index in [0.29, 0.717) is 0 Å². The average molecular weight is 218 g/mol. The van der Waals surface area contributed by atoms with Crippen LogP contribution < -0.4 is 0 Å². The van der Waals surface area contributed by atoms with E-state index in [4.69, 9.17) is 20.4 Å². The van der Waals surface area contributed by atoms with Gasteiger partial charge in [-0.15, -0.1) is 0 Å². The predicted molar refractivity (Wildman–Crippen MR) is 36.2 cm³/mol. The van der Waals surface area contributed by atoms with Crippen LogP contribution in [-0.2, 0) is 4.79 Å². The Hall–Kier alpha value is -0.700. The van der Waals surface area contributed by atoms with Gasteiger partial charge in [0, 0.05) is 0 Å². The van der Waals surface area contributed by atoms with Gasteiger partial charge in [0.1, 0.15) is 12.2 Å². The van der Waals surface area contributed by atoms with Crippen molar-refractivity contribution in [3.63, 3.8) is 0 Å². The van der Waals surface area contributed by atoms with Crippen molar-refractivity contribution in [2.75, 3.05) is 6.61 Å². The van der Waals surface area contributed by atoms with Crippen LogP contribution in [-0.4, -0.2) is 57.3 Å². The lowest BCUT2D eigenvalue weighted by Crippen LogP contribution is -2.60. The molecule has 0 fully saturated rings. The van der Waals surface area contributed by atoms with Crippen molar-refractivity contribution in [1.82, 2.24) is 0 Å². The van der Waals surface area contributed by atoms with E-state index in [-0.39, 0.29) is 0 Å². The number of halogens is 3. The van der Waals surface area contributed by atoms with E-state index < -0.39 is 36.9 Å². The second-order valence-corrected chi connectivity index (χ2v) is 2.64. The summed E-state index contributed by atoms with van der Waals surface area (Å²) in [5.74, 6) is 0. The molecule has 8 heteroatoms. The zero-order valence-electron chi connectivity index (χ0n) is 6.77. The van der Waals surface area contributed by atoms with Crippen LogP contribution in [0.15, 0.2) is 0 Å². The number of hydrogen-bond acceptors (Lipinski definition) is 5. The molecule has 0 saturated heterocycles. The van der Waals surface area contributed by atoms with Gasteiger partial charge in [0.25, 0.3) is 0 Å². The molecule has 0 bridgehead atoms. The number of hydrogen-bond donors (Lipinski definition) is 4. The first-order valence-corrected chi connectivity index (χ1v) is 3.43. The van der Waals surface area contributed by atoms with Crippen molar-refractivity contribution in [3.05, 3.63) is 0 Å². The topological polar surface area (TPSA) is 98.0 Å². The molecule has 0 saturated carbocycles. The number of aliphatic hydroxyl groups is 4. The highest BCUT2D eigenvalue weighted by atomic mass is 19.4. The van der Waals surface area contributed by atoms with Gasteiger partial charge in [0.2, 0.25) is 5.60 Å². The lowest BCUT2D eigenvalue weighted by molar-refractivity contribution is -0.282. The standard InChI is InChI=1S/C6H9F3O5/c7-6(8,9)5(14,2-11)4(13)3(12)1-10/h2-4,10,12-14H,1H2/t3-,4-,5+/m1/s1. The van der Waals surface area contributed by atoms with Crippen molar-refractivity contribution in [2.24, 2.45) is 0 Å². The van der Waals surface area contributed by atoms with Gasteiger partial charge < -0.3 is 20.4 Å². The van der Waals surface area contributed by atoms with Crippen LogP contribution in [0, 0.1) is 0 Å². The van der Waals surface area contributed by atoms with Crippen LogP contribution in [0.1, 0.15) is 0 Å². The number of alkyl halides is 3. The van der Waals surface area contributed by atoms with Crippen molar-refractivity contribution in [2.45, 2.75) is 24.0 Å². The van der Waals surface area contributed by atoms with Crippen molar-refractivity contribution < 1.29 is 38.4 Å². The zero-order valence-corrected chi connectivity index (χ0v) is 6.77. The first kappa shape index (κ1) is 13.3. The molecule has 4 N–H and O–H groups in total. The fraction of sp³-hybridized carbons (Fsp3) is 0.833. The highest BCUT2D eigenvalue weighted by Crippen LogP contribution is 2.32. The number of rotatable bonds is 4. The van der Waals surface area contributed by atoms with Gasteiger partial charge in [0.15, 0.2) is 6.29 Å². The molecular formula is C6H9F3O5. The zero-order chi connectivity index (χ0) is 11.6. The van der Waals surface area contributed by atoms with Crippen LogP contribution in [0.3, 0.4) is 0 Å². The summed E-state index contributed by atoms with van der Waals surface area (Å²) in [6.07, 6.45) is -11.4. The minimum absolute atomic E-state index is 0.934. The van der Waals surface area contributed by atoms with Crippen LogP contribution in [0.4, 0.5) is 13.2 Å². The molecule has 0 spiro atoms. The van der Waals surface area contributed by atoms with E-state index >= 15 is 0 Å². The van der Waals surface area contributed by atoms with Gasteiger partial charge in [-0.05, 0) is 0 Å². The summed E-state index contributed by atoms with van der Waals surface area (Å²) in [5.41, 5.74) is -4.07. The Morgan fingerprint density at radius 1 is 1.29 bits per heavy atom. The highest BCUT2D eigenvalue weighted by molar-refractivity contribution is 5.65. The molecule has 0 heterocycles. The molecule has 0 aromatic rings. The first-order valence-electron chi connectivity index (χ1n) is 3.43. The third-order valence-corrected chi connectivity index (χ3v) is 1.64. The summed E-state index contributed by atoms with van der Waals surface area (Å²) in [7, 11) is 0. The van der Waals surface area contributed by atoms with Gasteiger partial charge in [-0.3, -0.25) is 4.79 Å². The second-order valence-electron chi connectivity index (χ2n) is 2.64. The molecular weight excluding hydrogens is 209 g/mol. The number of carbonyl (C=O) groups excluding carboxylic acids is 1. The van der Waals surface area contributed by atoms with Crippen molar-refractivity contribution >= 4 is 6.29 Å². The maximum Gasteiger partial charge on any atom is 0.426 e. The van der Waals surface area contributed by atoms with E-state index in [1.54, 1.807) is 0 Å². The molecule has 0 unspecified atom stereocenters. The van der Waals surface area contributed by atoms with E-state index in [0.717, 1.165) is 0 Å². The Morgan fingerprint density at radius 2 is 1.71 bits per heavy atom. The minimum atomic E-state index is -5.43. The molecule has 5 nitrogen and oxygen atoms in total. The summed E-state index contributed by atoms with van der Waals surface area (Å²) < 4.78 is 36.1. The fourth-order valence-electron chi connectivity index (χ4n) is 0.697. The molecule has 0 aromatic heterocycles. The maximum atomic E-state index is 12.0. The van der Waals surface area contributed by atoms with E-state index in [1.165, 1.54) is 0 Å². The number of aldehydes is 1. The maximum absolute atomic E-state index is 12.0. The van der Waals surface area contributed by atoms with Crippen LogP contribution >= 0.6 is 0 Å². The van der Waals surface area contributed by atoms with Gasteiger partial charge in [-0.2, -0.15) is 13.2 Å². The fourth-order valence-corrected chi connectivity index (χ4v) is 0.697. The molecule has 0 aliphatic carbocycles. The van der Waals surface area contributed by atoms with Gasteiger partial charge >= 0.3 is 6.18 Å². The molecule has 84 valence electrons. The molecule has 14 heavy (non-hydrogen) atoms. The third kappa shape index (κ3) is 2.21. The monoisotopic (exact) mass is 218 g/mol. The highest BCUT2D eigenvalue weighted by Gasteiger charge is 2.60. The Kier molecular flexibility index (Phi) is 4.01. The largest absolute Gasteiger partial charge is 0.426 e. The van der Waals surface area contributed by atoms with Crippen LogP contribution in [0.5, 0.6) is 0 Å². The summed E-state index contributed by atoms with van der Waals surface area (Å²) in [6, 6.07) is 0. The smallest absolute Gasteiger partial charge is 0.394 e. The van der Waals surface area contributed by atoms with E-state index in [9.17, 15) is 18.0 Å². The lowest BCUT2D eigenvalue weighted by Gasteiger charge is -2.31. The number of carbonyl (C=O) groups is 1. The lowest BCUT2D eigenvalue weighted by atomic mass is 9.94. The van der Waals surface area contributed by atoms with Gasteiger partial charge in [0.05, 0.1) is 6.61 Å². The molecule has 0 aliphatic heterocycles. The molecule has 0 radical (unpaired) electrons. The summed E-state index contributed by atoms with van der Waals surface area (Å²) >= 11 is 0. The quantitative estimate of drug-likeness (QED) is 0.417. The Morgan fingerprint density at radius 3 is 1.93 bits per heavy atom. The van der Waals surface area contributed by atoms with Gasteiger partial charge in [-0.25, -0.2) is 0 Å². The average Bonchev–Trinajstić information content (AvgIpc) is 2.12. The van der Waals surface area contributed by atoms with Crippen LogP contribution in [0.2, 0.25) is 0 Å². The first-order chi connectivity index (χ1) is 6.20. The second kappa shape index (κ2) is 4.22. The van der Waals surface area contributed by atoms with E-state index in [1.807, 2.05) is 0 Å². The normalized spacial score (nSPS) is 21.1. The SMILES string of the molecule is O=C[C@](O)([C@H](O)[C@H](O)CO)C(F)(F)F. The van der Waals surface area contributed by atoms with Crippen molar-refractivity contribution in [1.29, 1.82) is 0 Å². The Bertz CT molecular complexity index is 206. The Labute approximate surface area is 76.4 Å². The summed E-state index contributed by atoms with van der Waals surface area (Å²) in [5, 5.41) is 34.3. The van der Waals surface area contributed by atoms with E-state index in [2.05, 4.69) is 0 Å². The molecule has 0 amide bonds. The summed E-state index contributed by atoms with van der Waals surface area (Å²) in [6.45, 7) is -1.21. The molecule has 3 atom stereocenters. The van der Waals surface area contributed by atoms with Crippen LogP contribution in [0.25, 0.3) is 0 Å². The third-order valence-electron chi connectivity index (χ3n) is 1.64. The number of aliphatic hydroxyl groups excluding tert-OH is 3. The Balaban J connectivity index is 4.96. The molecule has 0 aliphatic rings. The minimum Gasteiger partial charge on any atom is -0.394 e. The van der Waals surface area contributed by atoms with Crippen molar-refractivity contribution in [3.8, 4) is 0 Å². The summed E-state index contributed by atoms with van der Waals surface area (Å²) in [4.78, 5) is 10.0. The molecule has 0 aromatic carbocycles. The molecule has 0 rings (SSSR count). The van der Waals surface area contributed by atoms with Gasteiger partial charge in [-0.1, -0.05) is 0 Å².